The highest BCUT2D eigenvalue weighted by Gasteiger charge is 2.35. The normalized spacial score (nSPS) is 15.6. The van der Waals surface area contributed by atoms with Gasteiger partial charge in [-0.3, -0.25) is 9.59 Å². The van der Waals surface area contributed by atoms with Crippen LogP contribution in [-0.2, 0) is 14.3 Å². The van der Waals surface area contributed by atoms with Gasteiger partial charge < -0.3 is 20.3 Å². The van der Waals surface area contributed by atoms with E-state index < -0.39 is 17.7 Å². The van der Waals surface area contributed by atoms with Gasteiger partial charge in [0.15, 0.2) is 0 Å². The Morgan fingerprint density at radius 2 is 1.73 bits per heavy atom. The van der Waals surface area contributed by atoms with E-state index in [-0.39, 0.29) is 30.4 Å². The molecule has 184 valence electrons. The van der Waals surface area contributed by atoms with Crippen LogP contribution < -0.4 is 10.6 Å². The molecule has 2 rings (SSSR count). The summed E-state index contributed by atoms with van der Waals surface area (Å²) < 4.78 is 5.26. The number of alkyl carbamates (subject to hydrolysis) is 1. The van der Waals surface area contributed by atoms with Crippen molar-refractivity contribution in [2.75, 3.05) is 6.54 Å². The quantitative estimate of drug-likeness (QED) is 0.626. The first kappa shape index (κ1) is 26.7. The minimum Gasteiger partial charge on any atom is -0.444 e. The Morgan fingerprint density at radius 1 is 1.09 bits per heavy atom. The lowest BCUT2D eigenvalue weighted by Crippen LogP contribution is -2.52. The van der Waals surface area contributed by atoms with Crippen molar-refractivity contribution in [1.29, 1.82) is 0 Å². The first-order chi connectivity index (χ1) is 15.4. The van der Waals surface area contributed by atoms with Crippen LogP contribution in [0.15, 0.2) is 18.2 Å². The fraction of sp³-hybridized carbons (Fsp3) is 0.654. The van der Waals surface area contributed by atoms with E-state index in [1.807, 2.05) is 45.9 Å². The maximum absolute atomic E-state index is 13.6. The standard InChI is InChI=1S/C26H41N3O4/c1-17(2)29(22(30)16-27-25(32)33-26(5,6)7)23(21-15-18(3)13-14-19(21)4)24(31)28-20-11-9-8-10-12-20/h13-15,17,20,23H,8-12,16H2,1-7H3,(H,27,32)(H,28,31). The zero-order chi connectivity index (χ0) is 24.8. The van der Waals surface area contributed by atoms with Crippen molar-refractivity contribution < 1.29 is 19.1 Å². The summed E-state index contributed by atoms with van der Waals surface area (Å²) in [6.07, 6.45) is 4.66. The summed E-state index contributed by atoms with van der Waals surface area (Å²) in [5, 5.41) is 5.75. The third kappa shape index (κ3) is 8.06. The van der Waals surface area contributed by atoms with Gasteiger partial charge in [0, 0.05) is 12.1 Å². The second kappa shape index (κ2) is 11.5. The maximum atomic E-state index is 13.6. The smallest absolute Gasteiger partial charge is 0.408 e. The molecule has 7 heteroatoms. The highest BCUT2D eigenvalue weighted by molar-refractivity contribution is 5.91. The van der Waals surface area contributed by atoms with Crippen molar-refractivity contribution in [3.8, 4) is 0 Å². The van der Waals surface area contributed by atoms with E-state index in [9.17, 15) is 14.4 Å². The molecule has 0 saturated heterocycles. The summed E-state index contributed by atoms with van der Waals surface area (Å²) in [6.45, 7) is 12.8. The Morgan fingerprint density at radius 3 is 2.30 bits per heavy atom. The predicted octanol–water partition coefficient (Wildman–Crippen LogP) is 4.56. The lowest BCUT2D eigenvalue weighted by molar-refractivity contribution is -0.142. The molecule has 2 N–H and O–H groups in total. The number of aryl methyl sites for hydroxylation is 2. The summed E-state index contributed by atoms with van der Waals surface area (Å²) in [5.41, 5.74) is 2.12. The molecule has 1 saturated carbocycles. The van der Waals surface area contributed by atoms with Crippen LogP contribution in [0.5, 0.6) is 0 Å². The van der Waals surface area contributed by atoms with Crippen LogP contribution in [0.3, 0.4) is 0 Å². The average molecular weight is 460 g/mol. The van der Waals surface area contributed by atoms with Crippen molar-refractivity contribution in [3.63, 3.8) is 0 Å². The number of ether oxygens (including phenoxy) is 1. The SMILES string of the molecule is Cc1ccc(C)c(C(C(=O)NC2CCCCC2)N(C(=O)CNC(=O)OC(C)(C)C)C(C)C)c1. The summed E-state index contributed by atoms with van der Waals surface area (Å²) in [4.78, 5) is 40.7. The van der Waals surface area contributed by atoms with E-state index in [1.165, 1.54) is 6.42 Å². The van der Waals surface area contributed by atoms with Crippen molar-refractivity contribution in [2.45, 2.75) is 104 Å². The first-order valence-electron chi connectivity index (χ1n) is 12.0. The number of nitrogens with zero attached hydrogens (tertiary/aromatic N) is 1. The molecule has 1 aliphatic rings. The Bertz CT molecular complexity index is 838. The molecule has 1 aliphatic carbocycles. The molecule has 1 atom stereocenters. The van der Waals surface area contributed by atoms with E-state index in [1.54, 1.807) is 25.7 Å². The summed E-state index contributed by atoms with van der Waals surface area (Å²) in [6, 6.07) is 5.06. The van der Waals surface area contributed by atoms with Crippen molar-refractivity contribution in [1.82, 2.24) is 15.5 Å². The van der Waals surface area contributed by atoms with Gasteiger partial charge in [0.05, 0.1) is 0 Å². The van der Waals surface area contributed by atoms with Crippen LogP contribution in [0.4, 0.5) is 4.79 Å². The molecule has 1 aromatic carbocycles. The lowest BCUT2D eigenvalue weighted by Gasteiger charge is -2.36. The van der Waals surface area contributed by atoms with E-state index in [0.717, 1.165) is 42.4 Å². The van der Waals surface area contributed by atoms with Gasteiger partial charge >= 0.3 is 6.09 Å². The largest absolute Gasteiger partial charge is 0.444 e. The maximum Gasteiger partial charge on any atom is 0.408 e. The van der Waals surface area contributed by atoms with Crippen LogP contribution in [0.2, 0.25) is 0 Å². The number of hydrogen-bond acceptors (Lipinski definition) is 4. The van der Waals surface area contributed by atoms with Gasteiger partial charge in [-0.25, -0.2) is 4.79 Å². The Kier molecular flexibility index (Phi) is 9.32. The van der Waals surface area contributed by atoms with Gasteiger partial charge in [-0.2, -0.15) is 0 Å². The van der Waals surface area contributed by atoms with Gasteiger partial charge in [-0.05, 0) is 72.4 Å². The molecule has 3 amide bonds. The fourth-order valence-electron chi connectivity index (χ4n) is 4.28. The van der Waals surface area contributed by atoms with Gasteiger partial charge in [-0.1, -0.05) is 43.0 Å². The van der Waals surface area contributed by atoms with Crippen molar-refractivity contribution >= 4 is 17.9 Å². The number of benzene rings is 1. The van der Waals surface area contributed by atoms with Crippen LogP contribution in [0, 0.1) is 13.8 Å². The van der Waals surface area contributed by atoms with Gasteiger partial charge in [0.1, 0.15) is 18.2 Å². The predicted molar refractivity (Wildman–Crippen MR) is 130 cm³/mol. The number of carbonyl (C=O) groups excluding carboxylic acids is 3. The van der Waals surface area contributed by atoms with Crippen LogP contribution in [0.1, 0.15) is 89.5 Å². The van der Waals surface area contributed by atoms with E-state index >= 15 is 0 Å². The molecular formula is C26H41N3O4. The van der Waals surface area contributed by atoms with Crippen molar-refractivity contribution in [2.24, 2.45) is 0 Å². The highest BCUT2D eigenvalue weighted by Crippen LogP contribution is 2.29. The molecule has 7 nitrogen and oxygen atoms in total. The van der Waals surface area contributed by atoms with Gasteiger partial charge in [-0.15, -0.1) is 0 Å². The number of amides is 3. The molecule has 0 radical (unpaired) electrons. The van der Waals surface area contributed by atoms with E-state index in [0.29, 0.717) is 0 Å². The molecule has 1 aromatic rings. The fourth-order valence-corrected chi connectivity index (χ4v) is 4.28. The molecular weight excluding hydrogens is 418 g/mol. The van der Waals surface area contributed by atoms with Crippen LogP contribution >= 0.6 is 0 Å². The molecule has 0 spiro atoms. The summed E-state index contributed by atoms with van der Waals surface area (Å²) in [7, 11) is 0. The average Bonchev–Trinajstić information content (AvgIpc) is 2.71. The second-order valence-corrected chi connectivity index (χ2v) is 10.4. The van der Waals surface area contributed by atoms with Crippen LogP contribution in [0.25, 0.3) is 0 Å². The van der Waals surface area contributed by atoms with Crippen molar-refractivity contribution in [3.05, 3.63) is 34.9 Å². The minimum absolute atomic E-state index is 0.128. The molecule has 33 heavy (non-hydrogen) atoms. The molecule has 0 aliphatic heterocycles. The van der Waals surface area contributed by atoms with Crippen LogP contribution in [-0.4, -0.2) is 47.0 Å². The molecule has 0 heterocycles. The summed E-state index contributed by atoms with van der Waals surface area (Å²) >= 11 is 0. The Labute approximate surface area is 198 Å². The van der Waals surface area contributed by atoms with E-state index in [4.69, 9.17) is 4.74 Å². The summed E-state index contributed by atoms with van der Waals surface area (Å²) in [5.74, 6) is -0.504. The molecule has 1 unspecified atom stereocenters. The zero-order valence-electron chi connectivity index (χ0n) is 21.3. The number of nitrogens with one attached hydrogen (secondary N) is 2. The number of carbonyl (C=O) groups is 3. The number of hydrogen-bond donors (Lipinski definition) is 2. The third-order valence-corrected chi connectivity index (χ3v) is 5.83. The Balaban J connectivity index is 2.32. The minimum atomic E-state index is -0.778. The zero-order valence-corrected chi connectivity index (χ0v) is 21.3. The molecule has 0 bridgehead atoms. The van der Waals surface area contributed by atoms with E-state index in [2.05, 4.69) is 10.6 Å². The highest BCUT2D eigenvalue weighted by atomic mass is 16.6. The Hall–Kier alpha value is -2.57. The van der Waals surface area contributed by atoms with Gasteiger partial charge in [0.25, 0.3) is 0 Å². The molecule has 0 aromatic heterocycles. The van der Waals surface area contributed by atoms with Gasteiger partial charge in [0.2, 0.25) is 11.8 Å². The second-order valence-electron chi connectivity index (χ2n) is 10.4. The molecule has 1 fully saturated rings. The lowest BCUT2D eigenvalue weighted by atomic mass is 9.93. The number of rotatable bonds is 7. The first-order valence-corrected chi connectivity index (χ1v) is 12.0. The third-order valence-electron chi connectivity index (χ3n) is 5.83. The topological polar surface area (TPSA) is 87.7 Å². The monoisotopic (exact) mass is 459 g/mol.